The summed E-state index contributed by atoms with van der Waals surface area (Å²) in [5.74, 6) is -2.07. The van der Waals surface area contributed by atoms with E-state index in [0.717, 1.165) is 0 Å². The minimum Gasteiger partial charge on any atom is 1.00 e. The van der Waals surface area contributed by atoms with Crippen molar-refractivity contribution in [3.63, 3.8) is 0 Å². The topological polar surface area (TPSA) is 51.6 Å². The molecule has 2 aromatic heterocycles. The Morgan fingerprint density at radius 1 is 0.864 bits per heavy atom. The molecule has 0 radical (unpaired) electrons. The van der Waals surface area contributed by atoms with Crippen LogP contribution in [0.25, 0.3) is 32.8 Å². The third kappa shape index (κ3) is 2.40. The van der Waals surface area contributed by atoms with Gasteiger partial charge in [-0.2, -0.15) is 0 Å². The summed E-state index contributed by atoms with van der Waals surface area (Å²) in [6.45, 7) is 0. The van der Waals surface area contributed by atoms with Crippen LogP contribution in [0.3, 0.4) is 0 Å². The summed E-state index contributed by atoms with van der Waals surface area (Å²) in [6.07, 6.45) is 0. The standard InChI is InChI=1S/C10BF4N4Se2.K/c12-2-1-3-8(17-20-16-3)5-4(2)9-10(19-21-18-9)6(7(5)13)11(14)15;/q-1;+1. The van der Waals surface area contributed by atoms with Crippen molar-refractivity contribution in [2.24, 2.45) is 0 Å². The van der Waals surface area contributed by atoms with Crippen LogP contribution >= 0.6 is 0 Å². The van der Waals surface area contributed by atoms with Gasteiger partial charge in [-0.1, -0.05) is 0 Å². The summed E-state index contributed by atoms with van der Waals surface area (Å²) in [7, 11) is -3.07. The van der Waals surface area contributed by atoms with E-state index in [-0.39, 0.29) is 84.2 Å². The van der Waals surface area contributed by atoms with E-state index in [4.69, 9.17) is 0 Å². The van der Waals surface area contributed by atoms with Gasteiger partial charge in [0.15, 0.2) is 0 Å². The normalized spacial score (nSPS) is 11.3. The zero-order chi connectivity index (χ0) is 14.7. The molecule has 104 valence electrons. The molecule has 0 saturated carbocycles. The van der Waals surface area contributed by atoms with Crippen molar-refractivity contribution in [1.82, 2.24) is 15.9 Å². The zero-order valence-corrected chi connectivity index (χ0v) is 17.2. The quantitative estimate of drug-likeness (QED) is 0.180. The second-order valence-corrected chi connectivity index (χ2v) is 6.36. The molecule has 4 rings (SSSR count). The average molecular weight is 460 g/mol. The van der Waals surface area contributed by atoms with Gasteiger partial charge in [-0.25, -0.2) is 0 Å². The van der Waals surface area contributed by atoms with Crippen LogP contribution in [0.2, 0.25) is 0 Å². The summed E-state index contributed by atoms with van der Waals surface area (Å²) >= 11 is -1.24. The Morgan fingerprint density at radius 3 is 2.23 bits per heavy atom. The van der Waals surface area contributed by atoms with E-state index in [1.807, 2.05) is 0 Å². The van der Waals surface area contributed by atoms with Crippen LogP contribution in [0.15, 0.2) is 0 Å². The van der Waals surface area contributed by atoms with Crippen LogP contribution in [0.4, 0.5) is 17.4 Å². The number of fused-ring (bicyclic) bond motifs is 5. The first-order valence-electron chi connectivity index (χ1n) is 5.48. The van der Waals surface area contributed by atoms with Gasteiger partial charge in [0, 0.05) is 0 Å². The van der Waals surface area contributed by atoms with Crippen LogP contribution in [0, 0.1) is 17.7 Å². The fraction of sp³-hybridized carbons (Fsp3) is 0. The molecule has 4 aromatic rings. The van der Waals surface area contributed by atoms with Gasteiger partial charge < -0.3 is 0 Å². The zero-order valence-electron chi connectivity index (χ0n) is 10.7. The Bertz CT molecular complexity index is 1020. The van der Waals surface area contributed by atoms with E-state index >= 15 is 0 Å². The van der Waals surface area contributed by atoms with Crippen molar-refractivity contribution < 1.29 is 68.8 Å². The van der Waals surface area contributed by atoms with Crippen LogP contribution in [-0.4, -0.2) is 53.1 Å². The molecule has 12 heteroatoms. The molecule has 0 unspecified atom stereocenters. The fourth-order valence-corrected chi connectivity index (χ4v) is 4.50. The van der Waals surface area contributed by atoms with Gasteiger partial charge in [-0.05, 0) is 0 Å². The molecule has 0 aliphatic heterocycles. The van der Waals surface area contributed by atoms with Gasteiger partial charge in [0.25, 0.3) is 0 Å². The van der Waals surface area contributed by atoms with Gasteiger partial charge in [-0.3, -0.25) is 0 Å². The Labute approximate surface area is 175 Å². The van der Waals surface area contributed by atoms with E-state index in [1.165, 1.54) is 0 Å². The molecule has 0 amide bonds. The second kappa shape index (κ2) is 6.34. The molecule has 0 N–H and O–H groups in total. The summed E-state index contributed by atoms with van der Waals surface area (Å²) in [4.78, 5) is 0. The molecule has 0 saturated heterocycles. The Balaban J connectivity index is 0.00000144. The number of nitrogens with zero attached hydrogens (tertiary/aromatic N) is 4. The number of benzene rings is 2. The maximum atomic E-state index is 14.6. The van der Waals surface area contributed by atoms with Crippen LogP contribution in [0.1, 0.15) is 0 Å². The SMILES string of the molecule is FB(F)c1c(F)c2c3n[se]nc3[c-]c(F)c2c2n[se]nc12.[K+]. The maximum Gasteiger partial charge on any atom is 1.00 e. The second-order valence-electron chi connectivity index (χ2n) is 4.14. The summed E-state index contributed by atoms with van der Waals surface area (Å²) < 4.78 is 70.8. The van der Waals surface area contributed by atoms with Crippen LogP contribution in [0.5, 0.6) is 0 Å². The summed E-state index contributed by atoms with van der Waals surface area (Å²) in [6, 6.07) is 2.38. The van der Waals surface area contributed by atoms with Gasteiger partial charge >= 0.3 is 178 Å². The number of rotatable bonds is 1. The molecule has 0 aliphatic rings. The first-order valence-corrected chi connectivity index (χ1v) is 8.54. The monoisotopic (exact) mass is 462 g/mol. The van der Waals surface area contributed by atoms with Crippen molar-refractivity contribution in [3.8, 4) is 0 Å². The van der Waals surface area contributed by atoms with E-state index in [2.05, 4.69) is 22.0 Å². The van der Waals surface area contributed by atoms with E-state index in [0.29, 0.717) is 0 Å². The molecular formula is C10BF4KN4Se2. The molecule has 0 aliphatic carbocycles. The number of aromatic nitrogens is 4. The Kier molecular flexibility index (Phi) is 4.96. The molecule has 4 nitrogen and oxygen atoms in total. The number of halogens is 4. The van der Waals surface area contributed by atoms with Crippen molar-refractivity contribution in [2.45, 2.75) is 0 Å². The van der Waals surface area contributed by atoms with Crippen molar-refractivity contribution in [3.05, 3.63) is 17.7 Å². The molecule has 2 heterocycles. The van der Waals surface area contributed by atoms with Crippen molar-refractivity contribution in [1.29, 1.82) is 0 Å². The average Bonchev–Trinajstić information content (AvgIpc) is 3.05. The maximum absolute atomic E-state index is 14.6. The minimum atomic E-state index is -3.07. The van der Waals surface area contributed by atoms with Gasteiger partial charge in [0.1, 0.15) is 0 Å². The van der Waals surface area contributed by atoms with Gasteiger partial charge in [-0.15, -0.1) is 0 Å². The van der Waals surface area contributed by atoms with Crippen LogP contribution in [-0.2, 0) is 0 Å². The molecule has 22 heavy (non-hydrogen) atoms. The van der Waals surface area contributed by atoms with Crippen LogP contribution < -0.4 is 56.8 Å². The molecule has 0 atom stereocenters. The summed E-state index contributed by atoms with van der Waals surface area (Å²) in [5.41, 5.74) is -0.999. The Hall–Kier alpha value is 0.360. The molecule has 2 aromatic carbocycles. The molecule has 0 bridgehead atoms. The predicted molar refractivity (Wildman–Crippen MR) is 70.4 cm³/mol. The molecule has 0 spiro atoms. The predicted octanol–water partition coefficient (Wildman–Crippen LogP) is -2.44. The van der Waals surface area contributed by atoms with E-state index < -0.39 is 54.3 Å². The first-order chi connectivity index (χ1) is 10.1. The van der Waals surface area contributed by atoms with Crippen molar-refractivity contribution >= 4 is 75.5 Å². The van der Waals surface area contributed by atoms with E-state index in [1.54, 1.807) is 0 Å². The smallest absolute Gasteiger partial charge is 1.00 e. The van der Waals surface area contributed by atoms with Gasteiger partial charge in [0.05, 0.1) is 0 Å². The number of hydrogen-bond donors (Lipinski definition) is 0. The van der Waals surface area contributed by atoms with Crippen molar-refractivity contribution in [2.75, 3.05) is 0 Å². The molecular weight excluding hydrogens is 460 g/mol. The minimum absolute atomic E-state index is 0. The number of hydrogen-bond acceptors (Lipinski definition) is 4. The largest absolute Gasteiger partial charge is 1.00 e. The third-order valence-electron chi connectivity index (χ3n) is 3.08. The summed E-state index contributed by atoms with van der Waals surface area (Å²) in [5, 5.41) is -0.486. The molecule has 0 fully saturated rings. The Morgan fingerprint density at radius 2 is 1.50 bits per heavy atom. The van der Waals surface area contributed by atoms with Gasteiger partial charge in [0.2, 0.25) is 0 Å². The first kappa shape index (κ1) is 17.2. The fourth-order valence-electron chi connectivity index (χ4n) is 2.23. The van der Waals surface area contributed by atoms with E-state index in [9.17, 15) is 17.4 Å². The third-order valence-corrected chi connectivity index (χ3v) is 5.30.